The Hall–Kier alpha value is -1.29. The van der Waals surface area contributed by atoms with Gasteiger partial charge in [-0.25, -0.2) is 9.67 Å². The van der Waals surface area contributed by atoms with Crippen molar-refractivity contribution in [1.29, 1.82) is 5.26 Å². The monoisotopic (exact) mass is 588 g/mol. The number of carbonyl (C=O) groups is 2. The van der Waals surface area contributed by atoms with Crippen molar-refractivity contribution in [1.82, 2.24) is 20.1 Å². The summed E-state index contributed by atoms with van der Waals surface area (Å²) in [4.78, 5) is 30.3. The summed E-state index contributed by atoms with van der Waals surface area (Å²) in [5, 5.41) is 19.5. The maximum atomic E-state index is 13.2. The largest absolute Gasteiger partial charge is 1.00 e. The Labute approximate surface area is 259 Å². The van der Waals surface area contributed by atoms with Gasteiger partial charge in [-0.15, -0.1) is 0 Å². The van der Waals surface area contributed by atoms with Crippen LogP contribution in [0.2, 0.25) is 10.0 Å². The predicted molar refractivity (Wildman–Crippen MR) is 132 cm³/mol. The van der Waals surface area contributed by atoms with Crippen LogP contribution >= 0.6 is 39.1 Å². The summed E-state index contributed by atoms with van der Waals surface area (Å²) < 4.78 is 1.69. The number of aryl methyl sites for hydroxylation is 1. The SMILES string of the molecule is Cc1cc(Cl)cc(C(=O)NC(C)(C)C#N)c1NC(=O)c1cc(Br)nn1-c1ncccc1Cl.[CH3-].[K+]. The average Bonchev–Trinajstić information content (AvgIpc) is 3.11. The van der Waals surface area contributed by atoms with Crippen molar-refractivity contribution in [2.75, 3.05) is 5.32 Å². The molecule has 0 fully saturated rings. The molecule has 0 aliphatic rings. The maximum absolute atomic E-state index is 13.2. The van der Waals surface area contributed by atoms with Crippen LogP contribution in [0.15, 0.2) is 41.1 Å². The van der Waals surface area contributed by atoms with Crippen molar-refractivity contribution in [2.45, 2.75) is 26.3 Å². The Morgan fingerprint density at radius 2 is 1.88 bits per heavy atom. The summed E-state index contributed by atoms with van der Waals surface area (Å²) in [7, 11) is 0. The van der Waals surface area contributed by atoms with Crippen molar-refractivity contribution in [3.8, 4) is 11.9 Å². The molecule has 0 aliphatic heterocycles. The normalized spacial score (nSPS) is 10.4. The molecule has 2 aromatic heterocycles. The van der Waals surface area contributed by atoms with Crippen LogP contribution in [0, 0.1) is 25.7 Å². The van der Waals surface area contributed by atoms with Crippen LogP contribution in [-0.2, 0) is 0 Å². The second-order valence-corrected chi connectivity index (χ2v) is 9.02. The Balaban J connectivity index is 0.00000289. The van der Waals surface area contributed by atoms with Crippen LogP contribution < -0.4 is 62.0 Å². The number of halogens is 3. The van der Waals surface area contributed by atoms with Gasteiger partial charge < -0.3 is 18.1 Å². The van der Waals surface area contributed by atoms with Gasteiger partial charge in [0.1, 0.15) is 15.8 Å². The molecule has 172 valence electrons. The molecule has 0 atom stereocenters. The van der Waals surface area contributed by atoms with Crippen LogP contribution in [0.1, 0.15) is 40.3 Å². The second kappa shape index (κ2) is 12.6. The van der Waals surface area contributed by atoms with Crippen molar-refractivity contribution in [3.63, 3.8) is 0 Å². The van der Waals surface area contributed by atoms with E-state index in [2.05, 4.69) is 36.6 Å². The summed E-state index contributed by atoms with van der Waals surface area (Å²) in [5.74, 6) is -0.838. The molecule has 2 N–H and O–H groups in total. The molecule has 34 heavy (non-hydrogen) atoms. The molecular formula is C22H20BrCl2KN6O2. The van der Waals surface area contributed by atoms with Crippen molar-refractivity contribution in [3.05, 3.63) is 75.4 Å². The van der Waals surface area contributed by atoms with Crippen LogP contribution in [-0.4, -0.2) is 32.1 Å². The first-order valence-electron chi connectivity index (χ1n) is 9.24. The van der Waals surface area contributed by atoms with E-state index in [4.69, 9.17) is 23.2 Å². The van der Waals surface area contributed by atoms with Gasteiger partial charge in [0.2, 0.25) is 0 Å². The molecule has 0 spiro atoms. The van der Waals surface area contributed by atoms with Crippen molar-refractivity contribution in [2.24, 2.45) is 0 Å². The standard InChI is InChI=1S/C21H17BrCl2N6O2.CH3.K/c1-11-7-12(23)8-13(19(31)28-21(2,3)10-25)17(11)27-20(32)15-9-16(22)29-30(15)18-14(24)5-4-6-26-18;;/h4-9H,1-3H3,(H,27,32)(H,28,31);1H3;/q;-1;+1. The first-order chi connectivity index (χ1) is 15.0. The number of hydrogen-bond donors (Lipinski definition) is 2. The number of anilines is 1. The fourth-order valence-corrected chi connectivity index (χ4v) is 3.70. The second-order valence-electron chi connectivity index (χ2n) is 7.36. The molecule has 0 unspecified atom stereocenters. The molecule has 0 saturated heterocycles. The van der Waals surface area contributed by atoms with E-state index in [9.17, 15) is 14.9 Å². The van der Waals surface area contributed by atoms with Gasteiger partial charge in [0, 0.05) is 17.3 Å². The molecule has 2 heterocycles. The molecule has 0 bridgehead atoms. The van der Waals surface area contributed by atoms with Gasteiger partial charge in [0.05, 0.1) is 22.3 Å². The maximum Gasteiger partial charge on any atom is 1.00 e. The Bertz CT molecular complexity index is 1270. The number of rotatable bonds is 5. The van der Waals surface area contributed by atoms with E-state index in [-0.39, 0.29) is 81.6 Å². The summed E-state index contributed by atoms with van der Waals surface area (Å²) in [6, 6.07) is 9.84. The third-order valence-electron chi connectivity index (χ3n) is 4.34. The number of hydrogen-bond acceptors (Lipinski definition) is 5. The van der Waals surface area contributed by atoms with E-state index in [0.717, 1.165) is 0 Å². The topological polar surface area (TPSA) is 113 Å². The Morgan fingerprint density at radius 3 is 2.50 bits per heavy atom. The molecule has 2 amide bonds. The van der Waals surface area contributed by atoms with Gasteiger partial charge in [-0.2, -0.15) is 10.4 Å². The molecule has 12 heteroatoms. The molecule has 3 rings (SSSR count). The average molecular weight is 590 g/mol. The zero-order chi connectivity index (χ0) is 23.6. The molecule has 8 nitrogen and oxygen atoms in total. The van der Waals surface area contributed by atoms with Gasteiger partial charge in [0.25, 0.3) is 11.8 Å². The number of nitrogens with one attached hydrogen (secondary N) is 2. The Kier molecular flexibility index (Phi) is 11.4. The summed E-state index contributed by atoms with van der Waals surface area (Å²) in [6.07, 6.45) is 1.53. The van der Waals surface area contributed by atoms with E-state index in [1.54, 1.807) is 39.0 Å². The van der Waals surface area contributed by atoms with E-state index < -0.39 is 17.4 Å². The molecular weight excluding hydrogens is 570 g/mol. The van der Waals surface area contributed by atoms with Crippen LogP contribution in [0.4, 0.5) is 5.69 Å². The number of pyridine rings is 1. The third-order valence-corrected chi connectivity index (χ3v) is 5.24. The van der Waals surface area contributed by atoms with E-state index >= 15 is 0 Å². The minimum Gasteiger partial charge on any atom is -0.358 e. The third kappa shape index (κ3) is 7.12. The van der Waals surface area contributed by atoms with Gasteiger partial charge in [-0.3, -0.25) is 9.59 Å². The van der Waals surface area contributed by atoms with E-state index in [1.807, 2.05) is 6.07 Å². The molecule has 0 radical (unpaired) electrons. The minimum absolute atomic E-state index is 0. The fourth-order valence-electron chi connectivity index (χ4n) is 2.85. The number of amides is 2. The van der Waals surface area contributed by atoms with Gasteiger partial charge >= 0.3 is 51.4 Å². The fraction of sp³-hybridized carbons (Fsp3) is 0.182. The van der Waals surface area contributed by atoms with Gasteiger partial charge in [-0.1, -0.05) is 23.2 Å². The van der Waals surface area contributed by atoms with Crippen molar-refractivity contribution >= 4 is 56.6 Å². The van der Waals surface area contributed by atoms with Crippen LogP contribution in [0.3, 0.4) is 0 Å². The minimum atomic E-state index is -1.12. The zero-order valence-corrected chi connectivity index (χ0v) is 25.4. The van der Waals surface area contributed by atoms with E-state index in [0.29, 0.717) is 20.2 Å². The number of benzene rings is 1. The van der Waals surface area contributed by atoms with Crippen LogP contribution in [0.25, 0.3) is 5.82 Å². The summed E-state index contributed by atoms with van der Waals surface area (Å²) in [6.45, 7) is 4.83. The first-order valence-corrected chi connectivity index (χ1v) is 10.8. The summed E-state index contributed by atoms with van der Waals surface area (Å²) >= 11 is 15.6. The first kappa shape index (κ1) is 30.7. The van der Waals surface area contributed by atoms with Crippen LogP contribution in [0.5, 0.6) is 0 Å². The Morgan fingerprint density at radius 1 is 1.21 bits per heavy atom. The molecule has 0 saturated carbocycles. The number of carbonyl (C=O) groups excluding carboxylic acids is 2. The predicted octanol–water partition coefficient (Wildman–Crippen LogP) is 2.38. The number of nitrogens with zero attached hydrogens (tertiary/aromatic N) is 4. The molecule has 3 aromatic rings. The number of nitriles is 1. The quantitative estimate of drug-likeness (QED) is 0.350. The number of aromatic nitrogens is 3. The van der Waals surface area contributed by atoms with Crippen molar-refractivity contribution < 1.29 is 61.0 Å². The van der Waals surface area contributed by atoms with Gasteiger partial charge in [-0.05, 0) is 66.5 Å². The van der Waals surface area contributed by atoms with E-state index in [1.165, 1.54) is 23.0 Å². The molecule has 0 aliphatic carbocycles. The molecule has 1 aromatic carbocycles. The van der Waals surface area contributed by atoms with Gasteiger partial charge in [0.15, 0.2) is 5.82 Å². The smallest absolute Gasteiger partial charge is 0.358 e. The summed E-state index contributed by atoms with van der Waals surface area (Å²) in [5.41, 5.74) is -0.0510. The zero-order valence-electron chi connectivity index (χ0n) is 19.2.